The smallest absolute Gasteiger partial charge is 0.246 e. The van der Waals surface area contributed by atoms with Crippen molar-refractivity contribution < 1.29 is 81.2 Å². The van der Waals surface area contributed by atoms with E-state index < -0.39 is 198 Å². The average Bonchev–Trinajstić information content (AvgIpc) is 1.72. The zero-order valence-electron chi connectivity index (χ0n) is 48.6. The number of carbonyl (C=O) groups is 11. The molecule has 12 atom stereocenters. The second-order valence-electron chi connectivity index (χ2n) is 22.1. The minimum Gasteiger partial charge on any atom is -0.489 e. The molecule has 0 spiro atoms. The number of nitrogens with two attached hydrogens (primary N) is 1. The van der Waals surface area contributed by atoms with Gasteiger partial charge in [-0.1, -0.05) is 53.2 Å². The van der Waals surface area contributed by atoms with Crippen molar-refractivity contribution in [2.75, 3.05) is 44.4 Å². The Labute approximate surface area is 495 Å². The van der Waals surface area contributed by atoms with Crippen LogP contribution in [0.2, 0.25) is 0 Å². The van der Waals surface area contributed by atoms with E-state index in [0.717, 1.165) is 4.90 Å². The van der Waals surface area contributed by atoms with Gasteiger partial charge in [0.15, 0.2) is 9.84 Å². The van der Waals surface area contributed by atoms with Crippen molar-refractivity contribution in [1.82, 2.24) is 57.7 Å². The van der Waals surface area contributed by atoms with E-state index in [2.05, 4.69) is 58.2 Å². The number of aliphatic hydroxyl groups is 3. The maximum Gasteiger partial charge on any atom is 0.246 e. The molecule has 1 aromatic heterocycles. The number of aromatic amines is 1. The number of sulfone groups is 1. The molecular formula is C55H77N13O17S. The van der Waals surface area contributed by atoms with E-state index >= 15 is 8.42 Å². The summed E-state index contributed by atoms with van der Waals surface area (Å²) < 4.78 is 36.5. The molecule has 2 aromatic carbocycles. The lowest BCUT2D eigenvalue weighted by molar-refractivity contribution is -0.144. The second kappa shape index (κ2) is 29.2. The number of fused-ring (bicyclic) bond motifs is 5. The fraction of sp³-hybridized carbons (Fsp3) is 0.545. The molecule has 30 nitrogen and oxygen atoms in total. The summed E-state index contributed by atoms with van der Waals surface area (Å²) in [6.45, 7) is 6.50. The van der Waals surface area contributed by atoms with Gasteiger partial charge in [0.05, 0.1) is 55.6 Å². The molecule has 4 heterocycles. The lowest BCUT2D eigenvalue weighted by atomic mass is 9.93. The molecule has 11 amide bonds. The molecule has 86 heavy (non-hydrogen) atoms. The van der Waals surface area contributed by atoms with E-state index in [4.69, 9.17) is 10.5 Å². The summed E-state index contributed by atoms with van der Waals surface area (Å²) in [4.78, 5) is 156. The lowest BCUT2D eigenvalue weighted by Gasteiger charge is -2.32. The standard InChI is InChI=1S/C55H77N13O17S/c1-8-26(4)45-51(79)59-19-42(73)62-38-24-86(83,84)54-34(33-14-13-32(16-35(33)65-54)85-23-29-9-11-30(12-10-29)61-47(75)28(6)60-52(80)44(57-7)25(2)3)17-36(48(76)58-20-43(74)66-45)63-53(81)46(27(5)40(71)22-69)67-50(78)39-15-31(70)21-68(39)55(82)37(18-41(56)72)64-49(38)77/h9-14,16,25-28,31,36-40,44-46,57,65,69-71H,8,15,17-24H2,1-7H3,(H2,56,72)(H,58,76)(H,59,79)(H,60,80)(H,61,75)(H,62,73)(H,63,81)(H,64,77)(H,66,74)(H,67,78)/t26-,27-,28-,31+,36-,37-,38-,39-,40-,44-,45-,46-/m0/s1. The molecule has 0 aliphatic carbocycles. The van der Waals surface area contributed by atoms with Gasteiger partial charge in [0, 0.05) is 42.4 Å². The van der Waals surface area contributed by atoms with Crippen molar-refractivity contribution in [1.29, 1.82) is 0 Å². The number of nitrogens with one attached hydrogen (secondary N) is 11. The zero-order valence-corrected chi connectivity index (χ0v) is 49.4. The summed E-state index contributed by atoms with van der Waals surface area (Å²) in [5, 5.41) is 56.3. The van der Waals surface area contributed by atoms with Gasteiger partial charge >= 0.3 is 0 Å². The second-order valence-corrected chi connectivity index (χ2v) is 24.1. The SMILES string of the molecule is CC[C@H](C)[C@@H]1NC(=O)CNC(=O)[C@@H]2Cc3c([nH]c4cc(OCc5ccc(NC(=O)[C@H](C)NC(=O)[C@@H](NC)C(C)C)cc5)ccc34)S(=O)(=O)C[C@H](NC(=O)CNC1=O)C(=O)N[C@@H](CC(N)=O)C(=O)N1C[C@H](O)C[C@H]1C(=O)N[C@@H]([C@@H](C)[C@@H](O)CO)C(=O)N2. The van der Waals surface area contributed by atoms with E-state index in [1.54, 1.807) is 52.1 Å². The highest BCUT2D eigenvalue weighted by molar-refractivity contribution is 7.91. The number of carbonyl (C=O) groups excluding carboxylic acids is 11. The average molecular weight is 1220 g/mol. The van der Waals surface area contributed by atoms with Crippen LogP contribution < -0.4 is 63.6 Å². The van der Waals surface area contributed by atoms with Gasteiger partial charge in [0.25, 0.3) is 0 Å². The van der Waals surface area contributed by atoms with Gasteiger partial charge in [-0.3, -0.25) is 52.7 Å². The first-order valence-electron chi connectivity index (χ1n) is 28.0. The van der Waals surface area contributed by atoms with Crippen molar-refractivity contribution in [3.8, 4) is 5.75 Å². The van der Waals surface area contributed by atoms with E-state index in [0.29, 0.717) is 17.7 Å². The number of hydrogen-bond donors (Lipinski definition) is 15. The summed E-state index contributed by atoms with van der Waals surface area (Å²) in [7, 11) is -3.38. The van der Waals surface area contributed by atoms with Crippen LogP contribution in [-0.4, -0.2) is 198 Å². The number of aromatic nitrogens is 1. The summed E-state index contributed by atoms with van der Waals surface area (Å²) in [5.74, 6) is -14.2. The van der Waals surface area contributed by atoms with E-state index in [1.807, 2.05) is 13.8 Å². The Hall–Kier alpha value is -8.26. The number of rotatable bonds is 16. The predicted molar refractivity (Wildman–Crippen MR) is 306 cm³/mol. The predicted octanol–water partition coefficient (Wildman–Crippen LogP) is -4.69. The van der Waals surface area contributed by atoms with Crippen molar-refractivity contribution in [2.24, 2.45) is 23.5 Å². The molecule has 6 rings (SSSR count). The van der Waals surface area contributed by atoms with Crippen LogP contribution in [0, 0.1) is 17.8 Å². The van der Waals surface area contributed by atoms with Crippen LogP contribution in [0.3, 0.4) is 0 Å². The van der Waals surface area contributed by atoms with Crippen LogP contribution in [0.5, 0.6) is 5.75 Å². The highest BCUT2D eigenvalue weighted by Crippen LogP contribution is 2.32. The van der Waals surface area contributed by atoms with Crippen molar-refractivity contribution in [3.63, 3.8) is 0 Å². The molecular weight excluding hydrogens is 1150 g/mol. The van der Waals surface area contributed by atoms with Crippen molar-refractivity contribution in [3.05, 3.63) is 53.6 Å². The number of amides is 11. The first-order valence-corrected chi connectivity index (χ1v) is 29.7. The van der Waals surface area contributed by atoms with E-state index in [-0.39, 0.29) is 40.6 Å². The Morgan fingerprint density at radius 2 is 1.47 bits per heavy atom. The minimum absolute atomic E-state index is 0.0344. The third kappa shape index (κ3) is 16.8. The van der Waals surface area contributed by atoms with Crippen LogP contribution in [0.25, 0.3) is 10.9 Å². The Morgan fingerprint density at radius 1 is 0.802 bits per heavy atom. The maximum absolute atomic E-state index is 15.2. The molecule has 1 saturated heterocycles. The van der Waals surface area contributed by atoms with Gasteiger partial charge in [-0.15, -0.1) is 0 Å². The number of H-pyrrole nitrogens is 1. The third-order valence-electron chi connectivity index (χ3n) is 15.3. The van der Waals surface area contributed by atoms with Gasteiger partial charge in [-0.05, 0) is 61.2 Å². The molecule has 3 aliphatic rings. The quantitative estimate of drug-likeness (QED) is 0.0641. The maximum atomic E-state index is 15.2. The summed E-state index contributed by atoms with van der Waals surface area (Å²) in [6.07, 6.45) is -5.03. The first-order chi connectivity index (χ1) is 40.5. The number of nitrogens with zero attached hydrogens (tertiary/aromatic N) is 1. The molecule has 3 aliphatic heterocycles. The van der Waals surface area contributed by atoms with Gasteiger partial charge in [-0.25, -0.2) is 8.42 Å². The van der Waals surface area contributed by atoms with Crippen LogP contribution in [0.1, 0.15) is 71.9 Å². The number of likely N-dealkylation sites (N-methyl/N-ethyl adjacent to an activating group) is 1. The molecule has 2 bridgehead atoms. The van der Waals surface area contributed by atoms with Crippen LogP contribution >= 0.6 is 0 Å². The largest absolute Gasteiger partial charge is 0.489 e. The number of anilines is 1. The molecule has 0 unspecified atom stereocenters. The van der Waals surface area contributed by atoms with Gasteiger partial charge in [0.2, 0.25) is 65.0 Å². The summed E-state index contributed by atoms with van der Waals surface area (Å²) in [6, 6.07) is -1.50. The normalized spacial score (nSPS) is 24.6. The molecule has 3 aromatic rings. The fourth-order valence-corrected chi connectivity index (χ4v) is 11.8. The van der Waals surface area contributed by atoms with E-state index in [1.165, 1.54) is 25.1 Å². The molecule has 31 heteroatoms. The molecule has 0 radical (unpaired) electrons. The number of primary amides is 1. The van der Waals surface area contributed by atoms with Crippen molar-refractivity contribution >= 4 is 91.4 Å². The number of ether oxygens (including phenoxy) is 1. The summed E-state index contributed by atoms with van der Waals surface area (Å²) in [5.41, 5.74) is 6.37. The van der Waals surface area contributed by atoms with Gasteiger partial charge in [-0.2, -0.15) is 0 Å². The highest BCUT2D eigenvalue weighted by Gasteiger charge is 2.45. The number of aliphatic hydroxyl groups excluding tert-OH is 3. The fourth-order valence-electron chi connectivity index (χ4n) is 10.2. The Kier molecular flexibility index (Phi) is 22.7. The Balaban J connectivity index is 1.46. The van der Waals surface area contributed by atoms with Crippen LogP contribution in [0.15, 0.2) is 47.5 Å². The lowest BCUT2D eigenvalue weighted by Crippen LogP contribution is -2.62. The Morgan fingerprint density at radius 3 is 2.09 bits per heavy atom. The van der Waals surface area contributed by atoms with Crippen LogP contribution in [-0.2, 0) is 75.6 Å². The van der Waals surface area contributed by atoms with E-state index in [9.17, 15) is 68.1 Å². The molecule has 0 saturated carbocycles. The summed E-state index contributed by atoms with van der Waals surface area (Å²) >= 11 is 0. The first kappa shape index (κ1) is 66.9. The zero-order chi connectivity index (χ0) is 63.5. The topological polar surface area (TPSA) is 457 Å². The van der Waals surface area contributed by atoms with Gasteiger partial charge < -0.3 is 88.8 Å². The molecule has 1 fully saturated rings. The Bertz CT molecular complexity index is 3180. The number of hydrogen-bond acceptors (Lipinski definition) is 18. The van der Waals surface area contributed by atoms with Crippen molar-refractivity contribution in [2.45, 2.75) is 139 Å². The van der Waals surface area contributed by atoms with Crippen LogP contribution in [0.4, 0.5) is 5.69 Å². The molecule has 470 valence electrons. The molecule has 16 N–H and O–H groups in total. The minimum atomic E-state index is -5.02. The third-order valence-corrected chi connectivity index (χ3v) is 17.1. The van der Waals surface area contributed by atoms with Gasteiger partial charge in [0.1, 0.15) is 59.7 Å². The monoisotopic (exact) mass is 1220 g/mol. The number of benzene rings is 2. The highest BCUT2D eigenvalue weighted by atomic mass is 32.2.